The van der Waals surface area contributed by atoms with Crippen LogP contribution in [0, 0.1) is 18.6 Å². The minimum atomic E-state index is -0.686. The third kappa shape index (κ3) is 3.47. The van der Waals surface area contributed by atoms with Gasteiger partial charge in [-0.15, -0.1) is 0 Å². The molecule has 1 atom stereocenters. The van der Waals surface area contributed by atoms with E-state index in [1.54, 1.807) is 13.1 Å². The number of rotatable bonds is 4. The van der Waals surface area contributed by atoms with Crippen LogP contribution >= 0.6 is 0 Å². The van der Waals surface area contributed by atoms with Crippen molar-refractivity contribution in [2.24, 2.45) is 0 Å². The molecule has 4 aromatic rings. The second-order valence-corrected chi connectivity index (χ2v) is 7.80. The van der Waals surface area contributed by atoms with E-state index < -0.39 is 11.6 Å². The summed E-state index contributed by atoms with van der Waals surface area (Å²) < 4.78 is 34.5. The number of benzene rings is 2. The number of halogens is 2. The van der Waals surface area contributed by atoms with Gasteiger partial charge in [-0.05, 0) is 38.3 Å². The predicted molar refractivity (Wildman–Crippen MR) is 113 cm³/mol. The zero-order chi connectivity index (χ0) is 22.2. The van der Waals surface area contributed by atoms with E-state index in [1.807, 2.05) is 30.3 Å². The van der Waals surface area contributed by atoms with Crippen molar-refractivity contribution < 1.29 is 18.1 Å². The monoisotopic (exact) mass is 434 g/mol. The summed E-state index contributed by atoms with van der Waals surface area (Å²) in [6.07, 6.45) is 3.84. The molecule has 1 amide bonds. The number of fused-ring (bicyclic) bond motifs is 1. The minimum absolute atomic E-state index is 0.181. The molecule has 2 aromatic heterocycles. The number of aryl methyl sites for hydroxylation is 1. The van der Waals surface area contributed by atoms with E-state index in [9.17, 15) is 13.6 Å². The van der Waals surface area contributed by atoms with Crippen molar-refractivity contribution in [3.05, 3.63) is 88.9 Å². The summed E-state index contributed by atoms with van der Waals surface area (Å²) in [7, 11) is 0. The van der Waals surface area contributed by atoms with Gasteiger partial charge in [0.1, 0.15) is 28.5 Å². The number of carbonyl (C=O) groups is 1. The van der Waals surface area contributed by atoms with Crippen LogP contribution in [0.2, 0.25) is 0 Å². The Kier molecular flexibility index (Phi) is 5.05. The lowest BCUT2D eigenvalue weighted by molar-refractivity contribution is 0.0931. The number of nitrogens with one attached hydrogen (secondary N) is 1. The molecule has 1 N–H and O–H groups in total. The average Bonchev–Trinajstić information content (AvgIpc) is 3.39. The van der Waals surface area contributed by atoms with Gasteiger partial charge in [-0.25, -0.2) is 13.5 Å². The molecular formula is C24H20F2N4O2. The summed E-state index contributed by atoms with van der Waals surface area (Å²) in [5.74, 6) is -1.19. The highest BCUT2D eigenvalue weighted by atomic mass is 19.1. The zero-order valence-corrected chi connectivity index (χ0v) is 17.3. The van der Waals surface area contributed by atoms with E-state index in [-0.39, 0.29) is 17.6 Å². The molecule has 0 aliphatic heterocycles. The number of hydrogen-bond donors (Lipinski definition) is 1. The van der Waals surface area contributed by atoms with Crippen molar-refractivity contribution in [3.8, 4) is 16.9 Å². The highest BCUT2D eigenvalue weighted by Gasteiger charge is 2.29. The standard InChI is InChI=1S/C24H20F2N4O2/c1-14-22(23(29-32-14)15-6-3-2-4-7-15)24(31)28-19-8-5-9-20-17(19)13-27-30(20)21-11-10-16(25)12-18(21)26/h2-4,6-7,10-13,19H,5,8-9H2,1H3,(H,28,31). The predicted octanol–water partition coefficient (Wildman–Crippen LogP) is 4.92. The first-order valence-corrected chi connectivity index (χ1v) is 10.4. The summed E-state index contributed by atoms with van der Waals surface area (Å²) in [5.41, 5.74) is 3.47. The molecule has 8 heteroatoms. The molecule has 2 aromatic carbocycles. The van der Waals surface area contributed by atoms with Crippen molar-refractivity contribution in [1.29, 1.82) is 0 Å². The van der Waals surface area contributed by atoms with Crippen molar-refractivity contribution in [2.45, 2.75) is 32.2 Å². The van der Waals surface area contributed by atoms with Crippen molar-refractivity contribution in [2.75, 3.05) is 0 Å². The van der Waals surface area contributed by atoms with Crippen LogP contribution in [-0.4, -0.2) is 20.8 Å². The van der Waals surface area contributed by atoms with Crippen LogP contribution in [0.4, 0.5) is 8.78 Å². The Morgan fingerprint density at radius 1 is 1.19 bits per heavy atom. The molecule has 162 valence electrons. The highest BCUT2D eigenvalue weighted by Crippen LogP contribution is 2.33. The van der Waals surface area contributed by atoms with Crippen LogP contribution in [0.5, 0.6) is 0 Å². The van der Waals surface area contributed by atoms with Gasteiger partial charge in [-0.1, -0.05) is 35.5 Å². The molecule has 0 fully saturated rings. The lowest BCUT2D eigenvalue weighted by atomic mass is 9.92. The summed E-state index contributed by atoms with van der Waals surface area (Å²) in [6, 6.07) is 12.5. The molecule has 1 aliphatic carbocycles. The summed E-state index contributed by atoms with van der Waals surface area (Å²) in [5, 5.41) is 11.5. The van der Waals surface area contributed by atoms with Crippen molar-refractivity contribution in [3.63, 3.8) is 0 Å². The molecule has 0 saturated carbocycles. The Labute approximate surface area is 182 Å². The molecule has 2 heterocycles. The topological polar surface area (TPSA) is 73.0 Å². The SMILES string of the molecule is Cc1onc(-c2ccccc2)c1C(=O)NC1CCCc2c1cnn2-c1ccc(F)cc1F. The Balaban J connectivity index is 1.45. The van der Waals surface area contributed by atoms with Crippen LogP contribution < -0.4 is 5.32 Å². The van der Waals surface area contributed by atoms with Gasteiger partial charge < -0.3 is 9.84 Å². The molecule has 6 nitrogen and oxygen atoms in total. The second kappa shape index (κ2) is 8.03. The zero-order valence-electron chi connectivity index (χ0n) is 17.3. The summed E-state index contributed by atoms with van der Waals surface area (Å²) >= 11 is 0. The number of amides is 1. The molecule has 5 rings (SSSR count). The fraction of sp³-hybridized carbons (Fsp3) is 0.208. The molecular weight excluding hydrogens is 414 g/mol. The van der Waals surface area contributed by atoms with Crippen LogP contribution in [0.15, 0.2) is 59.3 Å². The fourth-order valence-electron chi connectivity index (χ4n) is 4.23. The number of carbonyl (C=O) groups excluding carboxylic acids is 1. The molecule has 0 saturated heterocycles. The van der Waals surface area contributed by atoms with E-state index in [2.05, 4.69) is 15.6 Å². The lowest BCUT2D eigenvalue weighted by Crippen LogP contribution is -2.31. The molecule has 1 aliphatic rings. The van der Waals surface area contributed by atoms with Gasteiger partial charge in [0.15, 0.2) is 5.82 Å². The van der Waals surface area contributed by atoms with E-state index in [4.69, 9.17) is 4.52 Å². The Bertz CT molecular complexity index is 1300. The third-order valence-corrected chi connectivity index (χ3v) is 5.76. The van der Waals surface area contributed by atoms with Gasteiger partial charge in [0.25, 0.3) is 5.91 Å². The largest absolute Gasteiger partial charge is 0.360 e. The molecule has 0 bridgehead atoms. The summed E-state index contributed by atoms with van der Waals surface area (Å²) in [4.78, 5) is 13.2. The van der Waals surface area contributed by atoms with Crippen LogP contribution in [0.1, 0.15) is 46.3 Å². The van der Waals surface area contributed by atoms with E-state index in [0.717, 1.165) is 35.7 Å². The van der Waals surface area contributed by atoms with Crippen molar-refractivity contribution in [1.82, 2.24) is 20.3 Å². The molecule has 0 spiro atoms. The first-order valence-electron chi connectivity index (χ1n) is 10.4. The van der Waals surface area contributed by atoms with Crippen LogP contribution in [0.3, 0.4) is 0 Å². The number of hydrogen-bond acceptors (Lipinski definition) is 4. The second-order valence-electron chi connectivity index (χ2n) is 7.80. The van der Waals surface area contributed by atoms with Gasteiger partial charge in [-0.2, -0.15) is 5.10 Å². The quantitative estimate of drug-likeness (QED) is 0.495. The smallest absolute Gasteiger partial charge is 0.257 e. The Morgan fingerprint density at radius 3 is 2.78 bits per heavy atom. The van der Waals surface area contributed by atoms with Gasteiger partial charge >= 0.3 is 0 Å². The van der Waals surface area contributed by atoms with E-state index in [1.165, 1.54) is 16.8 Å². The Morgan fingerprint density at radius 2 is 2.00 bits per heavy atom. The maximum atomic E-state index is 14.3. The highest BCUT2D eigenvalue weighted by molar-refractivity contribution is 6.01. The minimum Gasteiger partial charge on any atom is -0.360 e. The summed E-state index contributed by atoms with van der Waals surface area (Å²) in [6.45, 7) is 1.70. The van der Waals surface area contributed by atoms with Crippen molar-refractivity contribution >= 4 is 5.91 Å². The third-order valence-electron chi connectivity index (χ3n) is 5.76. The first-order chi connectivity index (χ1) is 15.5. The van der Waals surface area contributed by atoms with Gasteiger partial charge in [0.05, 0.1) is 12.2 Å². The van der Waals surface area contributed by atoms with Crippen LogP contribution in [0.25, 0.3) is 16.9 Å². The number of nitrogens with zero attached hydrogens (tertiary/aromatic N) is 3. The number of aromatic nitrogens is 3. The van der Waals surface area contributed by atoms with E-state index >= 15 is 0 Å². The molecule has 0 radical (unpaired) electrons. The van der Waals surface area contributed by atoms with Crippen LogP contribution in [-0.2, 0) is 6.42 Å². The average molecular weight is 434 g/mol. The van der Waals surface area contributed by atoms with E-state index in [0.29, 0.717) is 23.4 Å². The maximum Gasteiger partial charge on any atom is 0.257 e. The molecule has 32 heavy (non-hydrogen) atoms. The van der Waals surface area contributed by atoms with Gasteiger partial charge in [0, 0.05) is 22.9 Å². The van der Waals surface area contributed by atoms with Gasteiger partial charge in [0.2, 0.25) is 0 Å². The first kappa shape index (κ1) is 20.1. The van der Waals surface area contributed by atoms with Gasteiger partial charge in [-0.3, -0.25) is 4.79 Å². The molecule has 1 unspecified atom stereocenters. The Hall–Kier alpha value is -3.81. The maximum absolute atomic E-state index is 14.3. The normalized spacial score (nSPS) is 15.4. The lowest BCUT2D eigenvalue weighted by Gasteiger charge is -2.24. The fourth-order valence-corrected chi connectivity index (χ4v) is 4.23.